The summed E-state index contributed by atoms with van der Waals surface area (Å²) in [5, 5.41) is 4.22. The Morgan fingerprint density at radius 1 is 1.55 bits per heavy atom. The Labute approximate surface area is 77.6 Å². The zero-order valence-electron chi connectivity index (χ0n) is 5.95. The largest absolute Gasteiger partial charge is 0.236 e. The van der Waals surface area contributed by atoms with Gasteiger partial charge in [0.2, 0.25) is 0 Å². The second-order valence-corrected chi connectivity index (χ2v) is 3.61. The lowest BCUT2D eigenvalue weighted by molar-refractivity contribution is 0.911. The molecule has 11 heavy (non-hydrogen) atoms. The summed E-state index contributed by atoms with van der Waals surface area (Å²) in [7, 11) is 0. The SMILES string of the molecule is Cc1cc2ncc(I)cn2n1. The lowest BCUT2D eigenvalue weighted by Gasteiger charge is -1.90. The maximum absolute atomic E-state index is 4.22. The lowest BCUT2D eigenvalue weighted by Crippen LogP contribution is -1.89. The van der Waals surface area contributed by atoms with Gasteiger partial charge in [-0.05, 0) is 29.5 Å². The lowest BCUT2D eigenvalue weighted by atomic mass is 10.5. The zero-order chi connectivity index (χ0) is 7.84. The molecule has 0 aliphatic rings. The van der Waals surface area contributed by atoms with Crippen LogP contribution in [0.3, 0.4) is 0 Å². The smallest absolute Gasteiger partial charge is 0.155 e. The predicted molar refractivity (Wildman–Crippen MR) is 50.4 cm³/mol. The Morgan fingerprint density at radius 2 is 2.36 bits per heavy atom. The molecule has 0 amide bonds. The Balaban J connectivity index is 2.82. The van der Waals surface area contributed by atoms with E-state index in [9.17, 15) is 0 Å². The van der Waals surface area contributed by atoms with Crippen molar-refractivity contribution in [3.8, 4) is 0 Å². The zero-order valence-corrected chi connectivity index (χ0v) is 8.11. The molecular formula is C7H6IN3. The minimum Gasteiger partial charge on any atom is -0.236 e. The van der Waals surface area contributed by atoms with Crippen LogP contribution in [0, 0.1) is 10.5 Å². The molecule has 0 saturated heterocycles. The fraction of sp³-hybridized carbons (Fsp3) is 0.143. The molecule has 0 radical (unpaired) electrons. The van der Waals surface area contributed by atoms with Crippen LogP contribution < -0.4 is 0 Å². The molecule has 0 fully saturated rings. The van der Waals surface area contributed by atoms with Crippen molar-refractivity contribution >= 4 is 28.2 Å². The van der Waals surface area contributed by atoms with Gasteiger partial charge in [0.05, 0.1) is 5.69 Å². The molecule has 0 aliphatic heterocycles. The molecule has 0 spiro atoms. The van der Waals surface area contributed by atoms with Crippen LogP contribution in [0.25, 0.3) is 5.65 Å². The Hall–Kier alpha value is -0.650. The number of rotatable bonds is 0. The van der Waals surface area contributed by atoms with Crippen molar-refractivity contribution in [2.75, 3.05) is 0 Å². The molecule has 4 heteroatoms. The number of nitrogens with zero attached hydrogens (tertiary/aromatic N) is 3. The molecule has 2 aromatic rings. The van der Waals surface area contributed by atoms with Crippen LogP contribution >= 0.6 is 22.6 Å². The molecule has 0 aromatic carbocycles. The first-order valence-electron chi connectivity index (χ1n) is 3.23. The van der Waals surface area contributed by atoms with Gasteiger partial charge >= 0.3 is 0 Å². The average molecular weight is 259 g/mol. The van der Waals surface area contributed by atoms with Crippen LogP contribution in [0.2, 0.25) is 0 Å². The van der Waals surface area contributed by atoms with E-state index in [0.717, 1.165) is 14.9 Å². The fourth-order valence-electron chi connectivity index (χ4n) is 0.972. The number of aromatic nitrogens is 3. The van der Waals surface area contributed by atoms with Crippen LogP contribution in [-0.2, 0) is 0 Å². The highest BCUT2D eigenvalue weighted by Crippen LogP contribution is 2.05. The molecule has 2 aromatic heterocycles. The van der Waals surface area contributed by atoms with Crippen LogP contribution in [-0.4, -0.2) is 14.6 Å². The van der Waals surface area contributed by atoms with Crippen molar-refractivity contribution in [2.45, 2.75) is 6.92 Å². The molecule has 0 N–H and O–H groups in total. The van der Waals surface area contributed by atoms with Crippen molar-refractivity contribution in [3.63, 3.8) is 0 Å². The number of halogens is 1. The summed E-state index contributed by atoms with van der Waals surface area (Å²) in [6.07, 6.45) is 3.78. The van der Waals surface area contributed by atoms with E-state index in [1.54, 1.807) is 4.52 Å². The summed E-state index contributed by atoms with van der Waals surface area (Å²) in [6.45, 7) is 1.96. The highest BCUT2D eigenvalue weighted by atomic mass is 127. The van der Waals surface area contributed by atoms with Gasteiger partial charge in [-0.1, -0.05) is 0 Å². The molecule has 0 atom stereocenters. The third-order valence-electron chi connectivity index (χ3n) is 1.40. The van der Waals surface area contributed by atoms with Gasteiger partial charge in [-0.25, -0.2) is 9.50 Å². The molecule has 3 nitrogen and oxygen atoms in total. The van der Waals surface area contributed by atoms with Gasteiger partial charge in [0, 0.05) is 22.0 Å². The summed E-state index contributed by atoms with van der Waals surface area (Å²) >= 11 is 2.21. The first kappa shape index (κ1) is 7.02. The Kier molecular flexibility index (Phi) is 1.56. The summed E-state index contributed by atoms with van der Waals surface area (Å²) < 4.78 is 2.88. The van der Waals surface area contributed by atoms with Gasteiger partial charge in [-0.3, -0.25) is 0 Å². The first-order chi connectivity index (χ1) is 5.25. The first-order valence-corrected chi connectivity index (χ1v) is 4.31. The van der Waals surface area contributed by atoms with Gasteiger partial charge in [-0.15, -0.1) is 0 Å². The Morgan fingerprint density at radius 3 is 3.18 bits per heavy atom. The van der Waals surface area contributed by atoms with Crippen LogP contribution in [0.5, 0.6) is 0 Å². The monoisotopic (exact) mass is 259 g/mol. The third kappa shape index (κ3) is 1.22. The highest BCUT2D eigenvalue weighted by Gasteiger charge is 1.97. The van der Waals surface area contributed by atoms with Gasteiger partial charge < -0.3 is 0 Å². The average Bonchev–Trinajstić information content (AvgIpc) is 2.27. The van der Waals surface area contributed by atoms with Crippen molar-refractivity contribution in [1.29, 1.82) is 0 Å². The summed E-state index contributed by atoms with van der Waals surface area (Å²) in [5.41, 5.74) is 1.91. The van der Waals surface area contributed by atoms with Gasteiger partial charge in [0.15, 0.2) is 5.65 Å². The number of fused-ring (bicyclic) bond motifs is 1. The number of hydrogen-bond donors (Lipinski definition) is 0. The standard InChI is InChI=1S/C7H6IN3/c1-5-2-7-9-3-6(8)4-11(7)10-5/h2-4H,1H3. The molecule has 0 unspecified atom stereocenters. The summed E-state index contributed by atoms with van der Waals surface area (Å²) in [6, 6.07) is 1.95. The molecule has 2 rings (SSSR count). The third-order valence-corrected chi connectivity index (χ3v) is 1.96. The minimum absolute atomic E-state index is 0.905. The molecule has 0 saturated carbocycles. The normalized spacial score (nSPS) is 10.7. The Bertz CT molecular complexity index is 393. The number of hydrogen-bond acceptors (Lipinski definition) is 2. The molecule has 0 aliphatic carbocycles. The number of aryl methyl sites for hydroxylation is 1. The van der Waals surface area contributed by atoms with Crippen LogP contribution in [0.1, 0.15) is 5.69 Å². The maximum Gasteiger partial charge on any atom is 0.155 e. The minimum atomic E-state index is 0.905. The topological polar surface area (TPSA) is 30.2 Å². The van der Waals surface area contributed by atoms with Crippen molar-refractivity contribution < 1.29 is 0 Å². The van der Waals surface area contributed by atoms with E-state index in [0.29, 0.717) is 0 Å². The maximum atomic E-state index is 4.22. The van der Waals surface area contributed by atoms with Gasteiger partial charge in [-0.2, -0.15) is 5.10 Å². The predicted octanol–water partition coefficient (Wildman–Crippen LogP) is 1.64. The van der Waals surface area contributed by atoms with Crippen LogP contribution in [0.4, 0.5) is 0 Å². The van der Waals surface area contributed by atoms with Crippen molar-refractivity contribution in [1.82, 2.24) is 14.6 Å². The van der Waals surface area contributed by atoms with E-state index in [-0.39, 0.29) is 0 Å². The van der Waals surface area contributed by atoms with E-state index in [1.807, 2.05) is 25.4 Å². The van der Waals surface area contributed by atoms with E-state index >= 15 is 0 Å². The second-order valence-electron chi connectivity index (χ2n) is 2.36. The summed E-state index contributed by atoms with van der Waals surface area (Å²) in [5.74, 6) is 0. The fourth-order valence-corrected chi connectivity index (χ4v) is 1.38. The summed E-state index contributed by atoms with van der Waals surface area (Å²) in [4.78, 5) is 4.19. The molecule has 56 valence electrons. The highest BCUT2D eigenvalue weighted by molar-refractivity contribution is 14.1. The van der Waals surface area contributed by atoms with E-state index in [4.69, 9.17) is 0 Å². The van der Waals surface area contributed by atoms with E-state index in [2.05, 4.69) is 32.7 Å². The molecule has 2 heterocycles. The van der Waals surface area contributed by atoms with Crippen molar-refractivity contribution in [2.24, 2.45) is 0 Å². The van der Waals surface area contributed by atoms with Crippen molar-refractivity contribution in [3.05, 3.63) is 27.7 Å². The van der Waals surface area contributed by atoms with E-state index < -0.39 is 0 Å². The molecular weight excluding hydrogens is 253 g/mol. The second kappa shape index (κ2) is 2.44. The van der Waals surface area contributed by atoms with Gasteiger partial charge in [0.25, 0.3) is 0 Å². The van der Waals surface area contributed by atoms with Gasteiger partial charge in [0.1, 0.15) is 0 Å². The van der Waals surface area contributed by atoms with Crippen LogP contribution in [0.15, 0.2) is 18.5 Å². The molecule has 0 bridgehead atoms. The quantitative estimate of drug-likeness (QED) is 0.673. The van der Waals surface area contributed by atoms with E-state index in [1.165, 1.54) is 0 Å².